The van der Waals surface area contributed by atoms with Gasteiger partial charge < -0.3 is 25.6 Å². The number of benzene rings is 3. The third kappa shape index (κ3) is 6.42. The fraction of sp³-hybridized carbons (Fsp3) is 0.207. The molecule has 1 heterocycles. The number of carbonyl (C=O) groups excluding carboxylic acids is 3. The molecule has 0 fully saturated rings. The third-order valence-corrected chi connectivity index (χ3v) is 6.17. The summed E-state index contributed by atoms with van der Waals surface area (Å²) in [5, 5.41) is 16.0. The van der Waals surface area contributed by atoms with Crippen molar-refractivity contribution < 1.29 is 19.5 Å². The number of hydrogen-bond acceptors (Lipinski definition) is 4. The van der Waals surface area contributed by atoms with Gasteiger partial charge in [-0.2, -0.15) is 0 Å². The third-order valence-electron chi connectivity index (χ3n) is 6.17. The number of H-pyrrole nitrogens is 1. The van der Waals surface area contributed by atoms with Crippen molar-refractivity contribution in [3.63, 3.8) is 0 Å². The lowest BCUT2D eigenvalue weighted by Gasteiger charge is -2.26. The number of rotatable bonds is 10. The minimum absolute atomic E-state index is 0.263. The quantitative estimate of drug-likeness (QED) is 0.269. The van der Waals surface area contributed by atoms with Crippen LogP contribution in [-0.2, 0) is 22.6 Å². The van der Waals surface area contributed by atoms with Gasteiger partial charge in [-0.1, -0.05) is 78.9 Å². The maximum absolute atomic E-state index is 13.4. The number of aromatic amines is 1. The summed E-state index contributed by atoms with van der Waals surface area (Å²) in [5.74, 6) is -1.42. The first-order valence-corrected chi connectivity index (χ1v) is 12.1. The van der Waals surface area contributed by atoms with E-state index in [1.807, 2.05) is 78.9 Å². The Bertz CT molecular complexity index is 1350. The lowest BCUT2D eigenvalue weighted by Crippen LogP contribution is -2.55. The zero-order valence-corrected chi connectivity index (χ0v) is 20.6. The second-order valence-electron chi connectivity index (χ2n) is 8.89. The summed E-state index contributed by atoms with van der Waals surface area (Å²) in [6, 6.07) is 24.1. The summed E-state index contributed by atoms with van der Waals surface area (Å²) in [4.78, 5) is 44.1. The Morgan fingerprint density at radius 2 is 1.46 bits per heavy atom. The average Bonchev–Trinajstić information content (AvgIpc) is 3.36. The largest absolute Gasteiger partial charge is 0.394 e. The van der Waals surface area contributed by atoms with E-state index < -0.39 is 30.5 Å². The van der Waals surface area contributed by atoms with Crippen LogP contribution in [0, 0.1) is 0 Å². The van der Waals surface area contributed by atoms with E-state index in [9.17, 15) is 19.5 Å². The van der Waals surface area contributed by atoms with Crippen LogP contribution >= 0.6 is 0 Å². The van der Waals surface area contributed by atoms with Crippen LogP contribution in [0.4, 0.5) is 0 Å². The molecule has 4 aromatic rings. The fourth-order valence-corrected chi connectivity index (χ4v) is 4.21. The van der Waals surface area contributed by atoms with Crippen LogP contribution in [0.5, 0.6) is 0 Å². The van der Waals surface area contributed by atoms with Crippen molar-refractivity contribution in [1.82, 2.24) is 20.5 Å². The van der Waals surface area contributed by atoms with Gasteiger partial charge in [0.1, 0.15) is 12.1 Å². The van der Waals surface area contributed by atoms with Crippen LogP contribution in [0.3, 0.4) is 0 Å². The number of fused-ring (bicyclic) bond motifs is 1. The van der Waals surface area contributed by atoms with Crippen LogP contribution in [0.25, 0.3) is 10.9 Å². The summed E-state index contributed by atoms with van der Waals surface area (Å²) >= 11 is 0. The van der Waals surface area contributed by atoms with E-state index in [0.717, 1.165) is 16.6 Å². The standard InChI is InChI=1S/C29H30N4O4/c1-33(18-21-12-6-3-7-13-21)29(37)25(16-20-10-4-2-5-11-20)31-28(36)26(19-34)32-27(35)23-17-30-24-15-9-8-14-22(23)24/h2-15,17,25-26,30,34H,16,18-19H2,1H3,(H,31,36)(H,32,35)/t25-,26?/m1/s1. The van der Waals surface area contributed by atoms with E-state index in [4.69, 9.17) is 0 Å². The molecule has 0 radical (unpaired) electrons. The molecule has 3 amide bonds. The minimum atomic E-state index is -1.23. The Morgan fingerprint density at radius 3 is 2.14 bits per heavy atom. The van der Waals surface area contributed by atoms with E-state index in [1.165, 1.54) is 0 Å². The van der Waals surface area contributed by atoms with Crippen molar-refractivity contribution in [2.75, 3.05) is 13.7 Å². The molecule has 0 saturated carbocycles. The molecule has 1 aromatic heterocycles. The molecule has 0 spiro atoms. The van der Waals surface area contributed by atoms with Crippen LogP contribution in [0.1, 0.15) is 21.5 Å². The summed E-state index contributed by atoms with van der Waals surface area (Å²) in [6.07, 6.45) is 1.83. The molecule has 8 nitrogen and oxygen atoms in total. The molecule has 0 bridgehead atoms. The SMILES string of the molecule is CN(Cc1ccccc1)C(=O)[C@@H](Cc1ccccc1)NC(=O)C(CO)NC(=O)c1c[nH]c2ccccc12. The number of para-hydroxylation sites is 1. The van der Waals surface area contributed by atoms with Crippen molar-refractivity contribution >= 4 is 28.6 Å². The lowest BCUT2D eigenvalue weighted by molar-refractivity contribution is -0.136. The molecule has 8 heteroatoms. The molecule has 2 atom stereocenters. The maximum atomic E-state index is 13.4. The van der Waals surface area contributed by atoms with Gasteiger partial charge in [-0.15, -0.1) is 0 Å². The smallest absolute Gasteiger partial charge is 0.254 e. The normalized spacial score (nSPS) is 12.5. The molecule has 4 rings (SSSR count). The number of aliphatic hydroxyl groups excluding tert-OH is 1. The summed E-state index contributed by atoms with van der Waals surface area (Å²) in [6.45, 7) is -0.242. The first-order chi connectivity index (χ1) is 18.0. The monoisotopic (exact) mass is 498 g/mol. The van der Waals surface area contributed by atoms with Crippen molar-refractivity contribution in [1.29, 1.82) is 0 Å². The maximum Gasteiger partial charge on any atom is 0.254 e. The Kier molecular flexibility index (Phi) is 8.33. The van der Waals surface area contributed by atoms with Crippen molar-refractivity contribution in [2.45, 2.75) is 25.0 Å². The Morgan fingerprint density at radius 1 is 0.838 bits per heavy atom. The van der Waals surface area contributed by atoms with Gasteiger partial charge in [0.15, 0.2) is 0 Å². The molecule has 4 N–H and O–H groups in total. The highest BCUT2D eigenvalue weighted by atomic mass is 16.3. The van der Waals surface area contributed by atoms with Crippen LogP contribution < -0.4 is 10.6 Å². The Labute approximate surface area is 215 Å². The molecular weight excluding hydrogens is 468 g/mol. The zero-order valence-electron chi connectivity index (χ0n) is 20.6. The van der Waals surface area contributed by atoms with E-state index in [-0.39, 0.29) is 12.3 Å². The second kappa shape index (κ2) is 12.0. The topological polar surface area (TPSA) is 115 Å². The van der Waals surface area contributed by atoms with E-state index >= 15 is 0 Å². The molecule has 0 aliphatic heterocycles. The number of hydrogen-bond donors (Lipinski definition) is 4. The highest BCUT2D eigenvalue weighted by molar-refractivity contribution is 6.08. The molecule has 0 aliphatic rings. The lowest BCUT2D eigenvalue weighted by atomic mass is 10.0. The molecule has 3 aromatic carbocycles. The predicted octanol–water partition coefficient (Wildman–Crippen LogP) is 2.64. The number of nitrogens with one attached hydrogen (secondary N) is 3. The number of amides is 3. The van der Waals surface area contributed by atoms with E-state index in [2.05, 4.69) is 15.6 Å². The predicted molar refractivity (Wildman–Crippen MR) is 142 cm³/mol. The minimum Gasteiger partial charge on any atom is -0.394 e. The highest BCUT2D eigenvalue weighted by Crippen LogP contribution is 2.17. The Hall–Kier alpha value is -4.43. The summed E-state index contributed by atoms with van der Waals surface area (Å²) in [5.41, 5.74) is 2.98. The van der Waals surface area contributed by atoms with Gasteiger partial charge >= 0.3 is 0 Å². The van der Waals surface area contributed by atoms with Crippen LogP contribution in [0.15, 0.2) is 91.1 Å². The fourth-order valence-electron chi connectivity index (χ4n) is 4.21. The van der Waals surface area contributed by atoms with Gasteiger partial charge in [0, 0.05) is 37.1 Å². The molecule has 190 valence electrons. The van der Waals surface area contributed by atoms with Gasteiger partial charge in [-0.25, -0.2) is 0 Å². The van der Waals surface area contributed by atoms with Crippen molar-refractivity contribution in [3.05, 3.63) is 108 Å². The van der Waals surface area contributed by atoms with Gasteiger partial charge in [-0.05, 0) is 17.2 Å². The van der Waals surface area contributed by atoms with Gasteiger partial charge in [0.25, 0.3) is 5.91 Å². The van der Waals surface area contributed by atoms with Crippen molar-refractivity contribution in [2.24, 2.45) is 0 Å². The number of aliphatic hydroxyl groups is 1. The first-order valence-electron chi connectivity index (χ1n) is 12.1. The van der Waals surface area contributed by atoms with Crippen molar-refractivity contribution in [3.8, 4) is 0 Å². The Balaban J connectivity index is 1.48. The summed E-state index contributed by atoms with van der Waals surface area (Å²) in [7, 11) is 1.68. The molecule has 0 aliphatic carbocycles. The first kappa shape index (κ1) is 25.7. The highest BCUT2D eigenvalue weighted by Gasteiger charge is 2.29. The van der Waals surface area contributed by atoms with Gasteiger partial charge in [0.05, 0.1) is 12.2 Å². The van der Waals surface area contributed by atoms with E-state index in [0.29, 0.717) is 17.5 Å². The summed E-state index contributed by atoms with van der Waals surface area (Å²) < 4.78 is 0. The number of aromatic nitrogens is 1. The van der Waals surface area contributed by atoms with Crippen LogP contribution in [-0.4, -0.2) is 58.5 Å². The molecular formula is C29H30N4O4. The average molecular weight is 499 g/mol. The van der Waals surface area contributed by atoms with Gasteiger partial charge in [0.2, 0.25) is 11.8 Å². The molecule has 37 heavy (non-hydrogen) atoms. The molecule has 0 saturated heterocycles. The number of likely N-dealkylation sites (N-methyl/N-ethyl adjacent to an activating group) is 1. The molecule has 1 unspecified atom stereocenters. The van der Waals surface area contributed by atoms with E-state index in [1.54, 1.807) is 24.2 Å². The zero-order chi connectivity index (χ0) is 26.2. The second-order valence-corrected chi connectivity index (χ2v) is 8.89. The van der Waals surface area contributed by atoms with Crippen LogP contribution in [0.2, 0.25) is 0 Å². The number of carbonyl (C=O) groups is 3. The van der Waals surface area contributed by atoms with Gasteiger partial charge in [-0.3, -0.25) is 14.4 Å². The number of nitrogens with zero attached hydrogens (tertiary/aromatic N) is 1.